The number of rotatable bonds is 2. The Balaban J connectivity index is 1.80. The van der Waals surface area contributed by atoms with Crippen molar-refractivity contribution < 1.29 is 14.9 Å². The number of fused-ring (bicyclic) bond motifs is 3. The summed E-state index contributed by atoms with van der Waals surface area (Å²) in [5, 5.41) is 22.9. The highest BCUT2D eigenvalue weighted by Gasteiger charge is 2.60. The van der Waals surface area contributed by atoms with Crippen molar-refractivity contribution in [3.8, 4) is 0 Å². The van der Waals surface area contributed by atoms with Gasteiger partial charge in [-0.25, -0.2) is 15.0 Å². The molecule has 2 bridgehead atoms. The van der Waals surface area contributed by atoms with Gasteiger partial charge in [0, 0.05) is 6.54 Å². The lowest BCUT2D eigenvalue weighted by Crippen LogP contribution is -2.46. The number of anilines is 1. The minimum atomic E-state index is -0.968. The molecule has 2 aromatic rings. The van der Waals surface area contributed by atoms with Gasteiger partial charge in [0.2, 0.25) is 0 Å². The van der Waals surface area contributed by atoms with Gasteiger partial charge < -0.3 is 26.0 Å². The van der Waals surface area contributed by atoms with Crippen molar-refractivity contribution in [2.24, 2.45) is 0 Å². The van der Waals surface area contributed by atoms with Crippen LogP contribution in [0.15, 0.2) is 12.7 Å². The smallest absolute Gasteiger partial charge is 0.167 e. The minimum absolute atomic E-state index is 0.252. The second kappa shape index (κ2) is 3.85. The summed E-state index contributed by atoms with van der Waals surface area (Å²) in [5.41, 5.74) is 5.81. The Kier molecular flexibility index (Phi) is 2.31. The van der Waals surface area contributed by atoms with Gasteiger partial charge >= 0.3 is 0 Å². The molecule has 2 aromatic heterocycles. The molecule has 0 aliphatic carbocycles. The summed E-state index contributed by atoms with van der Waals surface area (Å²) < 4.78 is 7.56. The Hall–Kier alpha value is -1.81. The topological polar surface area (TPSA) is 131 Å². The van der Waals surface area contributed by atoms with Gasteiger partial charge in [-0.15, -0.1) is 0 Å². The molecular weight excluding hydrogens is 264 g/mol. The number of aliphatic hydroxyl groups is 2. The van der Waals surface area contributed by atoms with Crippen molar-refractivity contribution in [2.75, 3.05) is 18.9 Å². The van der Waals surface area contributed by atoms with E-state index in [1.807, 2.05) is 0 Å². The fourth-order valence-electron chi connectivity index (χ4n) is 2.99. The summed E-state index contributed by atoms with van der Waals surface area (Å²) in [6.07, 6.45) is 1.63. The van der Waals surface area contributed by atoms with E-state index < -0.39 is 17.9 Å². The molecule has 0 saturated carbocycles. The van der Waals surface area contributed by atoms with Gasteiger partial charge in [-0.1, -0.05) is 0 Å². The maximum absolute atomic E-state index is 10.2. The first-order valence-corrected chi connectivity index (χ1v) is 6.29. The SMILES string of the molecule is Nc1ncnc2c1ncn2[C@@H]1O[C@]2(CO)CN[C@@H]1C2O. The fourth-order valence-corrected chi connectivity index (χ4v) is 2.99. The second-order valence-corrected chi connectivity index (χ2v) is 5.17. The van der Waals surface area contributed by atoms with E-state index >= 15 is 0 Å². The number of ether oxygens (including phenoxy) is 1. The molecule has 9 nitrogen and oxygen atoms in total. The summed E-state index contributed by atoms with van der Waals surface area (Å²) in [6.45, 7) is 0.160. The number of aromatic nitrogens is 4. The highest BCUT2D eigenvalue weighted by atomic mass is 16.6. The van der Waals surface area contributed by atoms with Gasteiger partial charge in [0.25, 0.3) is 0 Å². The molecule has 2 aliphatic rings. The summed E-state index contributed by atoms with van der Waals surface area (Å²) in [6, 6.07) is -0.323. The number of imidazole rings is 1. The minimum Gasteiger partial charge on any atom is -0.393 e. The molecule has 20 heavy (non-hydrogen) atoms. The highest BCUT2D eigenvalue weighted by Crippen LogP contribution is 2.42. The van der Waals surface area contributed by atoms with Gasteiger partial charge in [-0.05, 0) is 0 Å². The first-order valence-electron chi connectivity index (χ1n) is 6.29. The number of nitrogens with one attached hydrogen (secondary N) is 1. The third-order valence-electron chi connectivity index (χ3n) is 4.11. The molecule has 4 rings (SSSR count). The van der Waals surface area contributed by atoms with Crippen LogP contribution in [0.3, 0.4) is 0 Å². The van der Waals surface area contributed by atoms with Crippen LogP contribution in [0.25, 0.3) is 11.2 Å². The normalized spacial score (nSPS) is 36.0. The molecule has 1 unspecified atom stereocenters. The van der Waals surface area contributed by atoms with E-state index in [9.17, 15) is 10.2 Å². The molecule has 0 amide bonds. The molecule has 9 heteroatoms. The quantitative estimate of drug-likeness (QED) is 0.496. The lowest BCUT2D eigenvalue weighted by atomic mass is 10.0. The van der Waals surface area contributed by atoms with Crippen LogP contribution in [-0.4, -0.2) is 60.6 Å². The number of morpholine rings is 1. The maximum Gasteiger partial charge on any atom is 0.167 e. The van der Waals surface area contributed by atoms with Crippen LogP contribution in [0.1, 0.15) is 6.23 Å². The van der Waals surface area contributed by atoms with Crippen LogP contribution < -0.4 is 11.1 Å². The number of nitrogens with two attached hydrogens (primary N) is 1. The average Bonchev–Trinajstić information content (AvgIpc) is 3.10. The molecule has 2 saturated heterocycles. The number of hydrogen-bond acceptors (Lipinski definition) is 8. The van der Waals surface area contributed by atoms with Crippen LogP contribution in [0.4, 0.5) is 5.82 Å². The second-order valence-electron chi connectivity index (χ2n) is 5.17. The predicted molar refractivity (Wildman–Crippen MR) is 67.5 cm³/mol. The van der Waals surface area contributed by atoms with E-state index in [1.165, 1.54) is 6.33 Å². The van der Waals surface area contributed by atoms with Crippen LogP contribution in [0.5, 0.6) is 0 Å². The van der Waals surface area contributed by atoms with Crippen molar-refractivity contribution in [3.63, 3.8) is 0 Å². The summed E-state index contributed by atoms with van der Waals surface area (Å²) in [7, 11) is 0. The molecule has 0 aromatic carbocycles. The predicted octanol–water partition coefficient (Wildman–Crippen LogP) is -2.00. The molecule has 2 fully saturated rings. The van der Waals surface area contributed by atoms with Crippen LogP contribution in [0, 0.1) is 0 Å². The zero-order valence-corrected chi connectivity index (χ0v) is 10.5. The van der Waals surface area contributed by atoms with Crippen LogP contribution in [0.2, 0.25) is 0 Å². The van der Waals surface area contributed by atoms with Crippen molar-refractivity contribution in [2.45, 2.75) is 24.0 Å². The number of nitrogen functional groups attached to an aromatic ring is 1. The fraction of sp³-hybridized carbons (Fsp3) is 0.545. The van der Waals surface area contributed by atoms with Gasteiger partial charge in [-0.3, -0.25) is 4.57 Å². The Morgan fingerprint density at radius 1 is 1.50 bits per heavy atom. The van der Waals surface area contributed by atoms with E-state index in [0.717, 1.165) is 0 Å². The van der Waals surface area contributed by atoms with Gasteiger partial charge in [-0.2, -0.15) is 0 Å². The molecule has 106 valence electrons. The molecule has 0 spiro atoms. The lowest BCUT2D eigenvalue weighted by molar-refractivity contribution is -0.130. The van der Waals surface area contributed by atoms with Crippen molar-refractivity contribution in [1.29, 1.82) is 0 Å². The Bertz CT molecular complexity index is 675. The number of aliphatic hydroxyl groups excluding tert-OH is 2. The summed E-state index contributed by atoms with van der Waals surface area (Å²) >= 11 is 0. The first kappa shape index (κ1) is 12.0. The molecule has 4 atom stereocenters. The Morgan fingerprint density at radius 2 is 2.35 bits per heavy atom. The van der Waals surface area contributed by atoms with Crippen molar-refractivity contribution in [3.05, 3.63) is 12.7 Å². The van der Waals surface area contributed by atoms with E-state index in [0.29, 0.717) is 23.5 Å². The first-order chi connectivity index (χ1) is 9.66. The monoisotopic (exact) mass is 278 g/mol. The van der Waals surface area contributed by atoms with Gasteiger partial charge in [0.05, 0.1) is 19.0 Å². The lowest BCUT2D eigenvalue weighted by Gasteiger charge is -2.30. The number of hydrogen-bond donors (Lipinski definition) is 4. The highest BCUT2D eigenvalue weighted by molar-refractivity contribution is 5.81. The van der Waals surface area contributed by atoms with Crippen LogP contribution in [-0.2, 0) is 4.74 Å². The molecule has 0 radical (unpaired) electrons. The Morgan fingerprint density at radius 3 is 3.10 bits per heavy atom. The van der Waals surface area contributed by atoms with Crippen molar-refractivity contribution in [1.82, 2.24) is 24.8 Å². The van der Waals surface area contributed by atoms with E-state index in [-0.39, 0.29) is 12.6 Å². The van der Waals surface area contributed by atoms with Gasteiger partial charge in [0.1, 0.15) is 23.5 Å². The molecule has 2 aliphatic heterocycles. The van der Waals surface area contributed by atoms with Crippen molar-refractivity contribution >= 4 is 17.0 Å². The zero-order valence-electron chi connectivity index (χ0n) is 10.5. The molecule has 4 heterocycles. The Labute approximate surface area is 113 Å². The summed E-state index contributed by atoms with van der Waals surface area (Å²) in [5.74, 6) is 0.294. The standard InChI is InChI=1S/C11H14N6O3/c12-8-6-9(15-3-14-8)17(4-16-6)10-5-7(19)11(2-18,20-10)1-13-5/h3-5,7,10,13,18-19H,1-2H2,(H2,12,14,15)/t5-,7?,10-,11+/m1/s1. The largest absolute Gasteiger partial charge is 0.393 e. The van der Waals surface area contributed by atoms with E-state index in [4.69, 9.17) is 10.5 Å². The summed E-state index contributed by atoms with van der Waals surface area (Å²) in [4.78, 5) is 12.2. The maximum atomic E-state index is 10.2. The number of nitrogens with zero attached hydrogens (tertiary/aromatic N) is 4. The third kappa shape index (κ3) is 1.32. The van der Waals surface area contributed by atoms with Gasteiger partial charge in [0.15, 0.2) is 17.7 Å². The average molecular weight is 278 g/mol. The van der Waals surface area contributed by atoms with E-state index in [1.54, 1.807) is 10.9 Å². The molecular formula is C11H14N6O3. The van der Waals surface area contributed by atoms with E-state index in [2.05, 4.69) is 20.3 Å². The third-order valence-corrected chi connectivity index (χ3v) is 4.11. The zero-order chi connectivity index (χ0) is 13.9. The molecule has 5 N–H and O–H groups in total. The van der Waals surface area contributed by atoms with Crippen LogP contribution >= 0.6 is 0 Å².